The number of hydrogen-bond donors (Lipinski definition) is 2. The molecule has 0 atom stereocenters. The summed E-state index contributed by atoms with van der Waals surface area (Å²) in [4.78, 5) is 8.26. The summed E-state index contributed by atoms with van der Waals surface area (Å²) in [6, 6.07) is 6.35. The van der Waals surface area contributed by atoms with Gasteiger partial charge in [-0.3, -0.25) is 0 Å². The van der Waals surface area contributed by atoms with Crippen LogP contribution in [0.4, 0.5) is 0 Å². The van der Waals surface area contributed by atoms with Gasteiger partial charge in [-0.15, -0.1) is 0 Å². The summed E-state index contributed by atoms with van der Waals surface area (Å²) in [5.74, 6) is 0. The van der Waals surface area contributed by atoms with Crippen LogP contribution in [-0.4, -0.2) is 16.5 Å². The third-order valence-corrected chi connectivity index (χ3v) is 5.80. The monoisotopic (exact) mass is 591 g/mol. The van der Waals surface area contributed by atoms with Gasteiger partial charge in [-0.05, 0) is 68.8 Å². The van der Waals surface area contributed by atoms with Gasteiger partial charge in [0.15, 0.2) is 0 Å². The summed E-state index contributed by atoms with van der Waals surface area (Å²) in [6.45, 7) is 45.6. The van der Waals surface area contributed by atoms with E-state index in [1.54, 1.807) is 0 Å². The van der Waals surface area contributed by atoms with Gasteiger partial charge in [0, 0.05) is 11.8 Å². The van der Waals surface area contributed by atoms with Crippen LogP contribution in [0.3, 0.4) is 0 Å². The molecule has 43 heavy (non-hydrogen) atoms. The zero-order chi connectivity index (χ0) is 34.4. The first-order valence-electron chi connectivity index (χ1n) is 15.9. The van der Waals surface area contributed by atoms with Crippen LogP contribution < -0.4 is 21.6 Å². The number of nitrogens with zero attached hydrogens (tertiary/aromatic N) is 2. The minimum absolute atomic E-state index is 0.623. The van der Waals surface area contributed by atoms with Crippen molar-refractivity contribution in [2.75, 3.05) is 6.54 Å². The smallest absolute Gasteiger partial charge is 0.116 e. The lowest BCUT2D eigenvalue weighted by Gasteiger charge is -2.13. The first kappa shape index (κ1) is 46.5. The standard InChI is InChI=1S/C19H21N3.C11H18.C3H9N.3C2H6/c1-6-16-8-9-18(17(7-2)10-16)11-20-15(5)19-13(3)14(4)21-12-22-19;1-6-10(4)7-8-11(5)9(2)3;1-2-3-4;3*1-2/h6,8-10,12,20H,1,3-5,7,11H2,2H3;7-8H,2,6H2,1,3-5H3;2-4H2,1H3;3*1-2H3/b;10-7+,11-8+;;;;. The fourth-order valence-electron chi connectivity index (χ4n) is 2.80. The molecule has 0 unspecified atom stereocenters. The van der Waals surface area contributed by atoms with Crippen molar-refractivity contribution in [2.24, 2.45) is 5.73 Å². The van der Waals surface area contributed by atoms with Crippen molar-refractivity contribution in [3.63, 3.8) is 0 Å². The topological polar surface area (TPSA) is 63.8 Å². The van der Waals surface area contributed by atoms with Crippen molar-refractivity contribution in [3.05, 3.63) is 106 Å². The summed E-state index contributed by atoms with van der Waals surface area (Å²) >= 11 is 0. The molecular formula is C39H66N4. The van der Waals surface area contributed by atoms with Crippen molar-refractivity contribution in [3.8, 4) is 0 Å². The van der Waals surface area contributed by atoms with E-state index in [0.717, 1.165) is 42.6 Å². The molecule has 1 aromatic heterocycles. The molecule has 0 bridgehead atoms. The second kappa shape index (κ2) is 31.4. The zero-order valence-corrected chi connectivity index (χ0v) is 30.1. The molecule has 0 amide bonds. The Morgan fingerprint density at radius 1 is 0.884 bits per heavy atom. The third kappa shape index (κ3) is 21.8. The quantitative estimate of drug-likeness (QED) is 0.270. The molecule has 1 aromatic carbocycles. The van der Waals surface area contributed by atoms with E-state index < -0.39 is 0 Å². The molecule has 2 rings (SSSR count). The first-order valence-corrected chi connectivity index (χ1v) is 15.9. The van der Waals surface area contributed by atoms with Gasteiger partial charge in [0.2, 0.25) is 0 Å². The summed E-state index contributed by atoms with van der Waals surface area (Å²) in [5, 5.41) is 4.65. The van der Waals surface area contributed by atoms with Crippen molar-refractivity contribution in [2.45, 2.75) is 109 Å². The van der Waals surface area contributed by atoms with Crippen LogP contribution in [0.2, 0.25) is 0 Å². The van der Waals surface area contributed by atoms with Crippen LogP contribution in [0.25, 0.3) is 24.9 Å². The zero-order valence-electron chi connectivity index (χ0n) is 30.1. The Bertz CT molecular complexity index is 1180. The minimum Gasteiger partial charge on any atom is -0.380 e. The number of rotatable bonds is 10. The Balaban J connectivity index is -0.000000304. The average Bonchev–Trinajstić information content (AvgIpc) is 3.06. The van der Waals surface area contributed by atoms with E-state index in [1.165, 1.54) is 28.6 Å². The molecule has 0 aliphatic carbocycles. The molecule has 3 N–H and O–H groups in total. The second-order valence-corrected chi connectivity index (χ2v) is 8.85. The molecule has 242 valence electrons. The summed E-state index contributed by atoms with van der Waals surface area (Å²) in [6.07, 6.45) is 10.8. The molecule has 0 aliphatic heterocycles. The third-order valence-electron chi connectivity index (χ3n) is 5.80. The van der Waals surface area contributed by atoms with Crippen molar-refractivity contribution >= 4 is 24.9 Å². The molecular weight excluding hydrogens is 524 g/mol. The van der Waals surface area contributed by atoms with Crippen LogP contribution in [0.1, 0.15) is 118 Å². The molecule has 2 aromatic rings. The normalized spacial score (nSPS) is 9.79. The number of aromatic nitrogens is 2. The van der Waals surface area contributed by atoms with Crippen molar-refractivity contribution in [1.29, 1.82) is 0 Å². The lowest BCUT2D eigenvalue weighted by atomic mass is 10.0. The molecule has 0 fully saturated rings. The predicted molar refractivity (Wildman–Crippen MR) is 200 cm³/mol. The molecule has 0 saturated heterocycles. The number of nitrogens with one attached hydrogen (secondary N) is 1. The lowest BCUT2D eigenvalue weighted by molar-refractivity contribution is 0.862. The van der Waals surface area contributed by atoms with E-state index in [4.69, 9.17) is 5.73 Å². The van der Waals surface area contributed by atoms with Gasteiger partial charge in [0.25, 0.3) is 0 Å². The van der Waals surface area contributed by atoms with Gasteiger partial charge in [-0.25, -0.2) is 9.97 Å². The number of allylic oxidation sites excluding steroid dienone is 5. The van der Waals surface area contributed by atoms with E-state index >= 15 is 0 Å². The van der Waals surface area contributed by atoms with Crippen LogP contribution in [-0.2, 0) is 13.0 Å². The Hall–Kier alpha value is -3.50. The van der Waals surface area contributed by atoms with E-state index in [-0.39, 0.29) is 0 Å². The van der Waals surface area contributed by atoms with Gasteiger partial charge >= 0.3 is 0 Å². The highest BCUT2D eigenvalue weighted by atomic mass is 14.9. The number of benzene rings is 1. The Morgan fingerprint density at radius 2 is 1.44 bits per heavy atom. The Kier molecular flexibility index (Phi) is 34.0. The second-order valence-electron chi connectivity index (χ2n) is 8.85. The maximum Gasteiger partial charge on any atom is 0.116 e. The number of hydrogen-bond acceptors (Lipinski definition) is 4. The van der Waals surface area contributed by atoms with E-state index in [2.05, 4.69) is 113 Å². The van der Waals surface area contributed by atoms with E-state index in [9.17, 15) is 0 Å². The Morgan fingerprint density at radius 3 is 1.88 bits per heavy atom. The summed E-state index contributed by atoms with van der Waals surface area (Å²) in [5.41, 5.74) is 14.0. The van der Waals surface area contributed by atoms with Crippen LogP contribution in [0.5, 0.6) is 0 Å². The summed E-state index contributed by atoms with van der Waals surface area (Å²) in [7, 11) is 0. The molecule has 0 saturated carbocycles. The largest absolute Gasteiger partial charge is 0.380 e. The summed E-state index contributed by atoms with van der Waals surface area (Å²) < 4.78 is 0. The van der Waals surface area contributed by atoms with E-state index in [1.807, 2.05) is 54.5 Å². The Labute approximate surface area is 267 Å². The molecule has 4 heteroatoms. The highest BCUT2D eigenvalue weighted by molar-refractivity contribution is 5.59. The average molecular weight is 591 g/mol. The van der Waals surface area contributed by atoms with Crippen LogP contribution in [0.15, 0.2) is 73.1 Å². The van der Waals surface area contributed by atoms with Gasteiger partial charge in [-0.1, -0.05) is 143 Å². The van der Waals surface area contributed by atoms with Gasteiger partial charge in [0.05, 0.1) is 16.7 Å². The molecule has 0 spiro atoms. The molecule has 0 radical (unpaired) electrons. The molecule has 4 nitrogen and oxygen atoms in total. The fourth-order valence-corrected chi connectivity index (χ4v) is 2.80. The first-order chi connectivity index (χ1) is 20.6. The SMILES string of the molecule is C=C(C)/C(C)=C/C=C(\C)CC.C=Cc1ccc(CNC(=C)c2ncnc(=C)c2=C)c(CC)c1.CC.CC.CC.CCCN. The van der Waals surface area contributed by atoms with Crippen molar-refractivity contribution < 1.29 is 0 Å². The maximum absolute atomic E-state index is 5.03. The highest BCUT2D eigenvalue weighted by Crippen LogP contribution is 2.15. The van der Waals surface area contributed by atoms with Crippen LogP contribution >= 0.6 is 0 Å². The lowest BCUT2D eigenvalue weighted by Crippen LogP contribution is -2.32. The van der Waals surface area contributed by atoms with Gasteiger partial charge < -0.3 is 11.1 Å². The minimum atomic E-state index is 0.623. The number of aryl methyl sites for hydroxylation is 1. The number of nitrogens with two attached hydrogens (primary N) is 1. The van der Waals surface area contributed by atoms with Crippen molar-refractivity contribution in [1.82, 2.24) is 15.3 Å². The van der Waals surface area contributed by atoms with E-state index in [0.29, 0.717) is 22.8 Å². The molecule has 1 heterocycles. The van der Waals surface area contributed by atoms with Gasteiger partial charge in [-0.2, -0.15) is 0 Å². The highest BCUT2D eigenvalue weighted by Gasteiger charge is 2.05. The maximum atomic E-state index is 5.03. The molecule has 0 aliphatic rings. The predicted octanol–water partition coefficient (Wildman–Crippen LogP) is 9.56. The fraction of sp³-hybridized carbons (Fsp3) is 0.436. The van der Waals surface area contributed by atoms with Crippen LogP contribution in [0, 0.1) is 0 Å². The van der Waals surface area contributed by atoms with Gasteiger partial charge in [0.1, 0.15) is 6.33 Å².